The number of nitrogens with zero attached hydrogens (tertiary/aromatic N) is 2. The van der Waals surface area contributed by atoms with Crippen LogP contribution in [0.5, 0.6) is 0 Å². The number of fused-ring (bicyclic) bond motifs is 3. The second-order valence-corrected chi connectivity index (χ2v) is 10.7. The third-order valence-electron chi connectivity index (χ3n) is 5.67. The highest BCUT2D eigenvalue weighted by molar-refractivity contribution is 7.18. The van der Waals surface area contributed by atoms with E-state index in [1.165, 1.54) is 16.9 Å². The fourth-order valence-electron chi connectivity index (χ4n) is 4.22. The van der Waals surface area contributed by atoms with E-state index in [-0.39, 0.29) is 17.8 Å². The fourth-order valence-corrected chi connectivity index (χ4v) is 5.50. The van der Waals surface area contributed by atoms with E-state index >= 15 is 0 Å². The molecule has 2 N–H and O–H groups in total. The summed E-state index contributed by atoms with van der Waals surface area (Å²) in [4.78, 5) is 25.0. The summed E-state index contributed by atoms with van der Waals surface area (Å²) >= 11 is 1.66. The minimum absolute atomic E-state index is 0.0410. The lowest BCUT2D eigenvalue weighted by Gasteiger charge is -2.27. The van der Waals surface area contributed by atoms with Gasteiger partial charge in [0, 0.05) is 18.0 Å². The molecule has 2 aromatic heterocycles. The molecule has 0 bridgehead atoms. The van der Waals surface area contributed by atoms with Crippen LogP contribution >= 0.6 is 11.3 Å². The van der Waals surface area contributed by atoms with Crippen LogP contribution in [0, 0.1) is 0 Å². The number of thiophene rings is 1. The van der Waals surface area contributed by atoms with Crippen molar-refractivity contribution < 1.29 is 9.84 Å². The van der Waals surface area contributed by atoms with Crippen molar-refractivity contribution >= 4 is 21.6 Å². The van der Waals surface area contributed by atoms with Crippen LogP contribution in [0.4, 0.5) is 0 Å². The lowest BCUT2D eigenvalue weighted by Crippen LogP contribution is -2.37. The lowest BCUT2D eigenvalue weighted by atomic mass is 9.97. The van der Waals surface area contributed by atoms with Crippen molar-refractivity contribution in [2.75, 3.05) is 13.2 Å². The Labute approximate surface area is 193 Å². The van der Waals surface area contributed by atoms with E-state index in [4.69, 9.17) is 9.72 Å². The molecule has 1 aliphatic carbocycles. The number of aliphatic hydroxyl groups excluding tert-OH is 1. The van der Waals surface area contributed by atoms with Gasteiger partial charge in [-0.1, -0.05) is 30.3 Å². The van der Waals surface area contributed by atoms with Gasteiger partial charge in [0.1, 0.15) is 10.7 Å². The monoisotopic (exact) mass is 455 g/mol. The average Bonchev–Trinajstić information content (AvgIpc) is 3.11. The van der Waals surface area contributed by atoms with Gasteiger partial charge >= 0.3 is 0 Å². The normalized spacial score (nSPS) is 15.3. The van der Waals surface area contributed by atoms with Crippen molar-refractivity contribution in [1.29, 1.82) is 0 Å². The van der Waals surface area contributed by atoms with Crippen LogP contribution in [0.1, 0.15) is 55.4 Å². The predicted octanol–water partition coefficient (Wildman–Crippen LogP) is 4.04. The average molecular weight is 456 g/mol. The van der Waals surface area contributed by atoms with Crippen LogP contribution in [0.15, 0.2) is 35.1 Å². The Balaban J connectivity index is 1.55. The number of aryl methyl sites for hydroxylation is 2. The number of nitrogens with one attached hydrogen (secondary N) is 1. The molecule has 0 fully saturated rings. The molecule has 0 amide bonds. The first-order valence-corrected chi connectivity index (χ1v) is 12.2. The van der Waals surface area contributed by atoms with Crippen LogP contribution in [-0.4, -0.2) is 44.8 Å². The number of aliphatic hydroxyl groups is 1. The van der Waals surface area contributed by atoms with Gasteiger partial charge in [-0.15, -0.1) is 11.3 Å². The highest BCUT2D eigenvalue weighted by Crippen LogP contribution is 2.33. The summed E-state index contributed by atoms with van der Waals surface area (Å²) < 4.78 is 5.77. The first kappa shape index (κ1) is 23.1. The van der Waals surface area contributed by atoms with E-state index in [9.17, 15) is 9.90 Å². The molecule has 4 rings (SSSR count). The molecule has 6 nitrogen and oxygen atoms in total. The van der Waals surface area contributed by atoms with Gasteiger partial charge in [0.2, 0.25) is 0 Å². The van der Waals surface area contributed by atoms with E-state index in [2.05, 4.69) is 22.0 Å². The van der Waals surface area contributed by atoms with Crippen LogP contribution in [0.25, 0.3) is 10.2 Å². The van der Waals surface area contributed by atoms with E-state index in [0.29, 0.717) is 25.5 Å². The summed E-state index contributed by atoms with van der Waals surface area (Å²) in [6.07, 6.45) is 3.70. The Morgan fingerprint density at radius 2 is 1.94 bits per heavy atom. The van der Waals surface area contributed by atoms with Crippen molar-refractivity contribution in [2.45, 2.75) is 71.2 Å². The van der Waals surface area contributed by atoms with Crippen molar-refractivity contribution in [3.63, 3.8) is 0 Å². The Hall–Kier alpha value is -2.06. The predicted molar refractivity (Wildman–Crippen MR) is 129 cm³/mol. The van der Waals surface area contributed by atoms with Gasteiger partial charge in [-0.2, -0.15) is 0 Å². The molecule has 1 unspecified atom stereocenters. The summed E-state index contributed by atoms with van der Waals surface area (Å²) in [5.74, 6) is 0.640. The molecule has 1 atom stereocenters. The Bertz CT molecular complexity index is 1100. The third-order valence-corrected chi connectivity index (χ3v) is 6.86. The molecule has 32 heavy (non-hydrogen) atoms. The molecule has 0 aliphatic heterocycles. The summed E-state index contributed by atoms with van der Waals surface area (Å²) in [5, 5.41) is 11.4. The van der Waals surface area contributed by atoms with Gasteiger partial charge in [-0.05, 0) is 57.6 Å². The first-order valence-electron chi connectivity index (χ1n) is 11.4. The standard InChI is InChI=1S/C25H33N3O3S/c1-25(2,3)31-16-18(29)14-28(13-17-9-5-4-6-10-17)15-21-26-23(30)22-19-11-7-8-12-20(19)32-24(22)27-21/h4-6,9-10,18,29H,7-8,11-16H2,1-3H3,(H,26,27,30). The molecule has 0 saturated carbocycles. The Kier molecular flexibility index (Phi) is 7.10. The second-order valence-electron chi connectivity index (χ2n) is 9.64. The van der Waals surface area contributed by atoms with E-state index in [1.807, 2.05) is 39.0 Å². The Morgan fingerprint density at radius 1 is 1.19 bits per heavy atom. The first-order chi connectivity index (χ1) is 15.3. The maximum atomic E-state index is 12.9. The number of ether oxygens (including phenoxy) is 1. The second kappa shape index (κ2) is 9.83. The maximum absolute atomic E-state index is 12.9. The smallest absolute Gasteiger partial charge is 0.259 e. The van der Waals surface area contributed by atoms with Crippen molar-refractivity contribution in [1.82, 2.24) is 14.9 Å². The van der Waals surface area contributed by atoms with E-state index < -0.39 is 6.10 Å². The minimum atomic E-state index is -0.637. The maximum Gasteiger partial charge on any atom is 0.259 e. The van der Waals surface area contributed by atoms with Gasteiger partial charge in [0.15, 0.2) is 0 Å². The number of hydrogen-bond donors (Lipinski definition) is 2. The van der Waals surface area contributed by atoms with Gasteiger partial charge in [-0.25, -0.2) is 4.98 Å². The molecule has 0 radical (unpaired) electrons. The van der Waals surface area contributed by atoms with Crippen LogP contribution in [-0.2, 0) is 30.7 Å². The van der Waals surface area contributed by atoms with Crippen LogP contribution in [0.3, 0.4) is 0 Å². The van der Waals surface area contributed by atoms with Crippen molar-refractivity contribution in [3.8, 4) is 0 Å². The molecule has 3 aromatic rings. The topological polar surface area (TPSA) is 78.5 Å². The molecule has 2 heterocycles. The van der Waals surface area contributed by atoms with Crippen molar-refractivity contribution in [3.05, 3.63) is 62.5 Å². The molecule has 0 saturated heterocycles. The number of H-pyrrole nitrogens is 1. The minimum Gasteiger partial charge on any atom is -0.389 e. The zero-order valence-corrected chi connectivity index (χ0v) is 20.0. The zero-order chi connectivity index (χ0) is 22.7. The van der Waals surface area contributed by atoms with Crippen molar-refractivity contribution in [2.24, 2.45) is 0 Å². The zero-order valence-electron chi connectivity index (χ0n) is 19.2. The summed E-state index contributed by atoms with van der Waals surface area (Å²) in [7, 11) is 0. The van der Waals surface area contributed by atoms with Crippen LogP contribution < -0.4 is 5.56 Å². The SMILES string of the molecule is CC(C)(C)OCC(O)CN(Cc1ccccc1)Cc1nc2sc3c(c2c(=O)[nH]1)CCCC3. The summed E-state index contributed by atoms with van der Waals surface area (Å²) in [6, 6.07) is 10.1. The van der Waals surface area contributed by atoms with Crippen LogP contribution in [0.2, 0.25) is 0 Å². The molecular formula is C25H33N3O3S. The lowest BCUT2D eigenvalue weighted by molar-refractivity contribution is -0.0574. The number of aromatic nitrogens is 2. The van der Waals surface area contributed by atoms with Gasteiger partial charge < -0.3 is 14.8 Å². The molecule has 172 valence electrons. The Morgan fingerprint density at radius 3 is 2.69 bits per heavy atom. The summed E-state index contributed by atoms with van der Waals surface area (Å²) in [5.41, 5.74) is 2.00. The fraction of sp³-hybridized carbons (Fsp3) is 0.520. The van der Waals surface area contributed by atoms with Gasteiger partial charge in [-0.3, -0.25) is 9.69 Å². The number of hydrogen-bond acceptors (Lipinski definition) is 6. The molecule has 7 heteroatoms. The van der Waals surface area contributed by atoms with Gasteiger partial charge in [0.25, 0.3) is 5.56 Å². The highest BCUT2D eigenvalue weighted by Gasteiger charge is 2.21. The highest BCUT2D eigenvalue weighted by atomic mass is 32.1. The number of aromatic amines is 1. The molecule has 1 aromatic carbocycles. The largest absolute Gasteiger partial charge is 0.389 e. The van der Waals surface area contributed by atoms with E-state index in [0.717, 1.165) is 35.0 Å². The van der Waals surface area contributed by atoms with Gasteiger partial charge in [0.05, 0.1) is 30.2 Å². The summed E-state index contributed by atoms with van der Waals surface area (Å²) in [6.45, 7) is 7.72. The molecule has 0 spiro atoms. The number of benzene rings is 1. The number of rotatable bonds is 8. The molecule has 1 aliphatic rings. The molecular weight excluding hydrogens is 422 g/mol. The quantitative estimate of drug-likeness (QED) is 0.536. The third kappa shape index (κ3) is 5.84. The van der Waals surface area contributed by atoms with E-state index in [1.54, 1.807) is 11.3 Å².